The van der Waals surface area contributed by atoms with Gasteiger partial charge in [0, 0.05) is 22.5 Å². The summed E-state index contributed by atoms with van der Waals surface area (Å²) in [5.41, 5.74) is 3.93. The fourth-order valence-corrected chi connectivity index (χ4v) is 3.96. The molecular weight excluding hydrogens is 393 g/mol. The quantitative estimate of drug-likeness (QED) is 0.346. The van der Waals surface area contributed by atoms with Crippen molar-refractivity contribution in [2.75, 3.05) is 0 Å². The summed E-state index contributed by atoms with van der Waals surface area (Å²) in [5, 5.41) is 3.21. The number of nitrogens with zero attached hydrogens (tertiary/aromatic N) is 3. The minimum absolute atomic E-state index is 0.00122. The first-order valence-electron chi connectivity index (χ1n) is 7.79. The Balaban J connectivity index is 1.62. The van der Waals surface area contributed by atoms with Crippen molar-refractivity contribution in [3.05, 3.63) is 62.5 Å². The zero-order chi connectivity index (χ0) is 18.4. The number of imidazole rings is 1. The molecule has 0 N–H and O–H groups in total. The molecular formula is C18H13Cl2N3O2S. The summed E-state index contributed by atoms with van der Waals surface area (Å²) in [6.45, 7) is 4.04. The molecule has 0 unspecified atom stereocenters. The Morgan fingerprint density at radius 3 is 2.85 bits per heavy atom. The summed E-state index contributed by atoms with van der Waals surface area (Å²) in [4.78, 5) is 21.7. The van der Waals surface area contributed by atoms with E-state index in [1.807, 2.05) is 37.4 Å². The minimum atomic E-state index is -0.558. The summed E-state index contributed by atoms with van der Waals surface area (Å²) in [5.74, 6) is -0.558. The van der Waals surface area contributed by atoms with E-state index < -0.39 is 5.97 Å². The minimum Gasteiger partial charge on any atom is -0.456 e. The molecule has 0 bridgehead atoms. The average molecular weight is 406 g/mol. The first-order valence-corrected chi connectivity index (χ1v) is 9.43. The van der Waals surface area contributed by atoms with Gasteiger partial charge in [-0.2, -0.15) is 0 Å². The van der Waals surface area contributed by atoms with E-state index in [4.69, 9.17) is 27.9 Å². The highest BCUT2D eigenvalue weighted by Crippen LogP contribution is 2.26. The van der Waals surface area contributed by atoms with E-state index >= 15 is 0 Å². The van der Waals surface area contributed by atoms with Gasteiger partial charge in [-0.1, -0.05) is 35.3 Å². The standard InChI is InChI=1S/C18H13Cl2N3O2S/c1-9-3-4-11-7-12(15(19)21-13(11)10(9)2)8-25-17(24)14-16(20)22-18-23(14)5-6-26-18/h3-7H,8H2,1-2H3. The SMILES string of the molecule is Cc1ccc2cc(COC(=O)c3c(Cl)nc4sccn34)c(Cl)nc2c1C. The van der Waals surface area contributed by atoms with Crippen LogP contribution in [-0.4, -0.2) is 20.3 Å². The predicted octanol–water partition coefficient (Wildman–Crippen LogP) is 5.22. The molecule has 0 radical (unpaired) electrons. The van der Waals surface area contributed by atoms with Crippen LogP contribution in [0.5, 0.6) is 0 Å². The van der Waals surface area contributed by atoms with Crippen LogP contribution in [0.15, 0.2) is 29.8 Å². The molecule has 5 nitrogen and oxygen atoms in total. The maximum Gasteiger partial charge on any atom is 0.358 e. The van der Waals surface area contributed by atoms with E-state index in [-0.39, 0.29) is 17.5 Å². The largest absolute Gasteiger partial charge is 0.456 e. The second kappa shape index (κ2) is 6.54. The predicted molar refractivity (Wildman–Crippen MR) is 103 cm³/mol. The second-order valence-corrected chi connectivity index (χ2v) is 7.49. The van der Waals surface area contributed by atoms with E-state index in [9.17, 15) is 4.79 Å². The molecule has 0 aliphatic rings. The lowest BCUT2D eigenvalue weighted by atomic mass is 10.0. The van der Waals surface area contributed by atoms with Gasteiger partial charge in [0.25, 0.3) is 0 Å². The van der Waals surface area contributed by atoms with Gasteiger partial charge < -0.3 is 4.74 Å². The Labute approximate surface area is 163 Å². The summed E-state index contributed by atoms with van der Waals surface area (Å²) < 4.78 is 7.02. The number of ether oxygens (including phenoxy) is 1. The second-order valence-electron chi connectivity index (χ2n) is 5.90. The van der Waals surface area contributed by atoms with Crippen molar-refractivity contribution in [3.8, 4) is 0 Å². The fourth-order valence-electron chi connectivity index (χ4n) is 2.76. The number of carbonyl (C=O) groups excluding carboxylic acids is 1. The van der Waals surface area contributed by atoms with Gasteiger partial charge in [0.05, 0.1) is 5.52 Å². The van der Waals surface area contributed by atoms with Crippen LogP contribution in [0.3, 0.4) is 0 Å². The van der Waals surface area contributed by atoms with E-state index in [0.717, 1.165) is 22.0 Å². The third-order valence-electron chi connectivity index (χ3n) is 4.31. The topological polar surface area (TPSA) is 56.5 Å². The highest BCUT2D eigenvalue weighted by Gasteiger charge is 2.21. The lowest BCUT2D eigenvalue weighted by Crippen LogP contribution is -2.09. The number of rotatable bonds is 3. The number of halogens is 2. The third kappa shape index (κ3) is 2.84. The van der Waals surface area contributed by atoms with Gasteiger partial charge in [-0.05, 0) is 31.0 Å². The third-order valence-corrected chi connectivity index (χ3v) is 5.66. The highest BCUT2D eigenvalue weighted by atomic mass is 35.5. The molecule has 0 spiro atoms. The number of fused-ring (bicyclic) bond motifs is 2. The number of pyridine rings is 1. The zero-order valence-corrected chi connectivity index (χ0v) is 16.2. The molecule has 3 heterocycles. The lowest BCUT2D eigenvalue weighted by Gasteiger charge is -2.10. The Bertz CT molecular complexity index is 1170. The van der Waals surface area contributed by atoms with Crippen LogP contribution < -0.4 is 0 Å². The number of hydrogen-bond acceptors (Lipinski definition) is 5. The first kappa shape index (κ1) is 17.3. The summed E-state index contributed by atoms with van der Waals surface area (Å²) in [7, 11) is 0. The Hall–Kier alpha value is -2.15. The molecule has 0 fully saturated rings. The van der Waals surface area contributed by atoms with Crippen molar-refractivity contribution in [2.24, 2.45) is 0 Å². The van der Waals surface area contributed by atoms with Gasteiger partial charge in [0.15, 0.2) is 15.8 Å². The molecule has 4 rings (SSSR count). The van der Waals surface area contributed by atoms with Crippen molar-refractivity contribution in [2.45, 2.75) is 20.5 Å². The molecule has 3 aromatic heterocycles. The number of carbonyl (C=O) groups is 1. The van der Waals surface area contributed by atoms with Gasteiger partial charge in [-0.25, -0.2) is 14.8 Å². The Morgan fingerprint density at radius 1 is 1.23 bits per heavy atom. The number of thiazole rings is 1. The molecule has 0 amide bonds. The van der Waals surface area contributed by atoms with Gasteiger partial charge >= 0.3 is 5.97 Å². The van der Waals surface area contributed by atoms with Gasteiger partial charge in [-0.3, -0.25) is 4.40 Å². The summed E-state index contributed by atoms with van der Waals surface area (Å²) in [6, 6.07) is 5.90. The van der Waals surface area contributed by atoms with E-state index in [1.165, 1.54) is 11.3 Å². The summed E-state index contributed by atoms with van der Waals surface area (Å²) >= 11 is 13.8. The normalized spacial score (nSPS) is 11.4. The van der Waals surface area contributed by atoms with Crippen LogP contribution in [0.1, 0.15) is 27.2 Å². The van der Waals surface area contributed by atoms with Crippen molar-refractivity contribution < 1.29 is 9.53 Å². The maximum atomic E-state index is 12.5. The van der Waals surface area contributed by atoms with Crippen molar-refractivity contribution in [1.29, 1.82) is 0 Å². The number of benzene rings is 1. The van der Waals surface area contributed by atoms with E-state index in [0.29, 0.717) is 15.7 Å². The monoisotopic (exact) mass is 405 g/mol. The van der Waals surface area contributed by atoms with Gasteiger partial charge in [0.1, 0.15) is 11.8 Å². The van der Waals surface area contributed by atoms with Gasteiger partial charge in [0.2, 0.25) is 0 Å². The maximum absolute atomic E-state index is 12.5. The van der Waals surface area contributed by atoms with Crippen LogP contribution in [0.2, 0.25) is 10.3 Å². The van der Waals surface area contributed by atoms with E-state index in [1.54, 1.807) is 10.6 Å². The number of aryl methyl sites for hydroxylation is 2. The molecule has 132 valence electrons. The highest BCUT2D eigenvalue weighted by molar-refractivity contribution is 7.15. The van der Waals surface area contributed by atoms with Crippen LogP contribution in [0, 0.1) is 13.8 Å². The molecule has 4 aromatic rings. The van der Waals surface area contributed by atoms with Crippen molar-refractivity contribution >= 4 is 56.4 Å². The molecule has 0 saturated carbocycles. The molecule has 0 aliphatic carbocycles. The van der Waals surface area contributed by atoms with Crippen LogP contribution in [0.4, 0.5) is 0 Å². The van der Waals surface area contributed by atoms with Crippen LogP contribution >= 0.6 is 34.5 Å². The molecule has 26 heavy (non-hydrogen) atoms. The Morgan fingerprint density at radius 2 is 2.04 bits per heavy atom. The molecule has 0 atom stereocenters. The molecule has 1 aromatic carbocycles. The fraction of sp³-hybridized carbons (Fsp3) is 0.167. The zero-order valence-electron chi connectivity index (χ0n) is 13.9. The average Bonchev–Trinajstić information content (AvgIpc) is 3.16. The van der Waals surface area contributed by atoms with E-state index in [2.05, 4.69) is 9.97 Å². The Kier molecular flexibility index (Phi) is 4.34. The van der Waals surface area contributed by atoms with Crippen molar-refractivity contribution in [1.82, 2.24) is 14.4 Å². The van der Waals surface area contributed by atoms with Crippen molar-refractivity contribution in [3.63, 3.8) is 0 Å². The molecule has 0 saturated heterocycles. The number of aromatic nitrogens is 3. The van der Waals surface area contributed by atoms with Crippen LogP contribution in [0.25, 0.3) is 15.9 Å². The first-order chi connectivity index (χ1) is 12.5. The van der Waals surface area contributed by atoms with Crippen LogP contribution in [-0.2, 0) is 11.3 Å². The summed E-state index contributed by atoms with van der Waals surface area (Å²) in [6.07, 6.45) is 1.73. The lowest BCUT2D eigenvalue weighted by molar-refractivity contribution is 0.0465. The smallest absolute Gasteiger partial charge is 0.358 e. The molecule has 8 heteroatoms. The number of esters is 1. The van der Waals surface area contributed by atoms with Gasteiger partial charge in [-0.15, -0.1) is 11.3 Å². The molecule has 0 aliphatic heterocycles. The number of hydrogen-bond donors (Lipinski definition) is 0.